The Kier molecular flexibility index (Phi) is 4.47. The second-order valence-corrected chi connectivity index (χ2v) is 7.21. The molecule has 0 aromatic heterocycles. The van der Waals surface area contributed by atoms with Crippen LogP contribution >= 0.6 is 0 Å². The summed E-state index contributed by atoms with van der Waals surface area (Å²) in [6.07, 6.45) is 0. The number of hydrogen-bond donors (Lipinski definition) is 0. The quantitative estimate of drug-likeness (QED) is 0.200. The van der Waals surface area contributed by atoms with E-state index in [0.717, 1.165) is 24.3 Å². The zero-order valence-corrected chi connectivity index (χ0v) is 15.9. The minimum absolute atomic E-state index is 0.0518. The van der Waals surface area contributed by atoms with E-state index in [1.54, 1.807) is 30.3 Å². The number of benzene rings is 5. The van der Waals surface area contributed by atoms with Gasteiger partial charge in [0.05, 0.1) is 0 Å². The molecule has 0 spiro atoms. The van der Waals surface area contributed by atoms with Crippen LogP contribution in [0, 0.1) is 29.1 Å². The molecule has 152 valence electrons. The van der Waals surface area contributed by atoms with Gasteiger partial charge in [0.2, 0.25) is 0 Å². The number of fused-ring (bicyclic) bond motifs is 2. The maximum Gasteiger partial charge on any atom is 0.159 e. The summed E-state index contributed by atoms with van der Waals surface area (Å²) in [5, 5.41) is 0.596. The van der Waals surface area contributed by atoms with Crippen molar-refractivity contribution in [2.24, 2.45) is 0 Å². The van der Waals surface area contributed by atoms with Crippen LogP contribution in [0.2, 0.25) is 0 Å². The summed E-state index contributed by atoms with van der Waals surface area (Å²) in [5.41, 5.74) is 1.23. The largest absolute Gasteiger partial charge is 0.207 e. The van der Waals surface area contributed by atoms with Gasteiger partial charge in [0.25, 0.3) is 0 Å². The van der Waals surface area contributed by atoms with Gasteiger partial charge >= 0.3 is 0 Å². The molecule has 0 N–H and O–H groups in total. The Labute approximate surface area is 174 Å². The molecule has 0 nitrogen and oxygen atoms in total. The standard InChI is InChI=1S/C26H13F5/c27-16-7-8-17-18(13-16)23(14-4-2-1-3-5-14)25-20(29)10-11-21(30)26(25)24(17)15-6-9-19(28)22(31)12-15/h1-13H. The van der Waals surface area contributed by atoms with E-state index in [0.29, 0.717) is 21.9 Å². The molecule has 0 radical (unpaired) electrons. The SMILES string of the molecule is Fc1ccc2c(-c3ccc(F)c(F)c3)c3c(F)ccc(F)c3c(-c3ccccc3)c2c1. The fraction of sp³-hybridized carbons (Fsp3) is 0. The highest BCUT2D eigenvalue weighted by Gasteiger charge is 2.22. The molecule has 31 heavy (non-hydrogen) atoms. The normalized spacial score (nSPS) is 11.4. The van der Waals surface area contributed by atoms with Gasteiger partial charge in [-0.25, -0.2) is 22.0 Å². The van der Waals surface area contributed by atoms with Crippen molar-refractivity contribution in [3.8, 4) is 22.3 Å². The lowest BCUT2D eigenvalue weighted by Crippen LogP contribution is -1.97. The molecule has 0 unspecified atom stereocenters. The van der Waals surface area contributed by atoms with Crippen LogP contribution in [0.15, 0.2) is 78.9 Å². The summed E-state index contributed by atoms with van der Waals surface area (Å²) in [6, 6.07) is 17.7. The van der Waals surface area contributed by atoms with Crippen LogP contribution in [-0.2, 0) is 0 Å². The topological polar surface area (TPSA) is 0 Å². The van der Waals surface area contributed by atoms with Gasteiger partial charge in [0.15, 0.2) is 11.6 Å². The number of rotatable bonds is 2. The van der Waals surface area contributed by atoms with Crippen molar-refractivity contribution in [3.63, 3.8) is 0 Å². The van der Waals surface area contributed by atoms with Crippen LogP contribution in [0.5, 0.6) is 0 Å². The maximum atomic E-state index is 15.2. The third-order valence-electron chi connectivity index (χ3n) is 5.39. The third kappa shape index (κ3) is 3.05. The molecule has 5 rings (SSSR count). The molecule has 5 aromatic carbocycles. The molecule has 0 aliphatic heterocycles. The van der Waals surface area contributed by atoms with Crippen LogP contribution in [0.1, 0.15) is 0 Å². The average Bonchev–Trinajstić information content (AvgIpc) is 2.77. The summed E-state index contributed by atoms with van der Waals surface area (Å²) in [5.74, 6) is -4.16. The molecular weight excluding hydrogens is 407 g/mol. The van der Waals surface area contributed by atoms with Gasteiger partial charge in [0, 0.05) is 21.9 Å². The molecule has 5 aromatic rings. The Morgan fingerprint density at radius 1 is 0.419 bits per heavy atom. The lowest BCUT2D eigenvalue weighted by molar-refractivity contribution is 0.509. The van der Waals surface area contributed by atoms with E-state index in [1.807, 2.05) is 0 Å². The van der Waals surface area contributed by atoms with E-state index in [1.165, 1.54) is 24.3 Å². The summed E-state index contributed by atoms with van der Waals surface area (Å²) in [4.78, 5) is 0. The predicted octanol–water partition coefficient (Wildman–Crippen LogP) is 8.02. The van der Waals surface area contributed by atoms with E-state index in [2.05, 4.69) is 0 Å². The molecular formula is C26H13F5. The highest BCUT2D eigenvalue weighted by molar-refractivity contribution is 6.21. The van der Waals surface area contributed by atoms with Crippen LogP contribution in [0.3, 0.4) is 0 Å². The predicted molar refractivity (Wildman–Crippen MR) is 112 cm³/mol. The minimum atomic E-state index is -1.12. The first-order chi connectivity index (χ1) is 15.0. The van der Waals surface area contributed by atoms with Gasteiger partial charge in [-0.05, 0) is 58.3 Å². The molecule has 0 saturated carbocycles. The second kappa shape index (κ2) is 7.20. The summed E-state index contributed by atoms with van der Waals surface area (Å²) >= 11 is 0. The smallest absolute Gasteiger partial charge is 0.159 e. The summed E-state index contributed by atoms with van der Waals surface area (Å²) in [6.45, 7) is 0. The molecule has 5 heteroatoms. The Morgan fingerprint density at radius 3 is 1.68 bits per heavy atom. The van der Waals surface area contributed by atoms with Gasteiger partial charge < -0.3 is 0 Å². The fourth-order valence-electron chi connectivity index (χ4n) is 4.11. The van der Waals surface area contributed by atoms with E-state index in [4.69, 9.17) is 0 Å². The lowest BCUT2D eigenvalue weighted by Gasteiger charge is -2.19. The van der Waals surface area contributed by atoms with Crippen LogP contribution < -0.4 is 0 Å². The third-order valence-corrected chi connectivity index (χ3v) is 5.39. The highest BCUT2D eigenvalue weighted by Crippen LogP contribution is 2.45. The Morgan fingerprint density at radius 2 is 1.03 bits per heavy atom. The molecule has 0 amide bonds. The van der Waals surface area contributed by atoms with Crippen molar-refractivity contribution in [3.05, 3.63) is 108 Å². The summed E-state index contributed by atoms with van der Waals surface area (Å²) in [7, 11) is 0. The van der Waals surface area contributed by atoms with Crippen molar-refractivity contribution in [1.82, 2.24) is 0 Å². The zero-order valence-electron chi connectivity index (χ0n) is 15.9. The van der Waals surface area contributed by atoms with E-state index in [9.17, 15) is 13.2 Å². The maximum absolute atomic E-state index is 15.2. The Bertz CT molecular complexity index is 1470. The molecule has 0 aliphatic rings. The van der Waals surface area contributed by atoms with Crippen LogP contribution in [0.25, 0.3) is 43.8 Å². The first-order valence-corrected chi connectivity index (χ1v) is 9.49. The van der Waals surface area contributed by atoms with Gasteiger partial charge in [-0.1, -0.05) is 42.5 Å². The number of hydrogen-bond acceptors (Lipinski definition) is 0. The van der Waals surface area contributed by atoms with Gasteiger partial charge in [-0.3, -0.25) is 0 Å². The lowest BCUT2D eigenvalue weighted by atomic mass is 9.85. The van der Waals surface area contributed by atoms with Crippen molar-refractivity contribution in [2.75, 3.05) is 0 Å². The van der Waals surface area contributed by atoms with Crippen molar-refractivity contribution in [1.29, 1.82) is 0 Å². The molecule has 0 fully saturated rings. The van der Waals surface area contributed by atoms with Crippen molar-refractivity contribution in [2.45, 2.75) is 0 Å². The molecule has 0 atom stereocenters. The highest BCUT2D eigenvalue weighted by atomic mass is 19.2. The minimum Gasteiger partial charge on any atom is -0.207 e. The first-order valence-electron chi connectivity index (χ1n) is 9.49. The van der Waals surface area contributed by atoms with E-state index < -0.39 is 29.1 Å². The monoisotopic (exact) mass is 420 g/mol. The Hall–Kier alpha value is -3.73. The van der Waals surface area contributed by atoms with E-state index >= 15 is 8.78 Å². The molecule has 0 aliphatic carbocycles. The summed E-state index contributed by atoms with van der Waals surface area (Å²) < 4.78 is 72.3. The number of halogens is 5. The molecule has 0 saturated heterocycles. The fourth-order valence-corrected chi connectivity index (χ4v) is 4.11. The van der Waals surface area contributed by atoms with Gasteiger partial charge in [-0.2, -0.15) is 0 Å². The molecule has 0 heterocycles. The molecule has 0 bridgehead atoms. The van der Waals surface area contributed by atoms with Crippen LogP contribution in [-0.4, -0.2) is 0 Å². The van der Waals surface area contributed by atoms with Crippen molar-refractivity contribution >= 4 is 21.5 Å². The second-order valence-electron chi connectivity index (χ2n) is 7.21. The average molecular weight is 420 g/mol. The van der Waals surface area contributed by atoms with Crippen LogP contribution in [0.4, 0.5) is 22.0 Å². The van der Waals surface area contributed by atoms with Crippen molar-refractivity contribution < 1.29 is 22.0 Å². The van der Waals surface area contributed by atoms with Gasteiger partial charge in [0.1, 0.15) is 17.5 Å². The first kappa shape index (κ1) is 19.2. The Balaban J connectivity index is 2.08. The zero-order chi connectivity index (χ0) is 21.7. The van der Waals surface area contributed by atoms with Gasteiger partial charge in [-0.15, -0.1) is 0 Å². The van der Waals surface area contributed by atoms with E-state index in [-0.39, 0.29) is 21.9 Å².